The number of aryl methyl sites for hydroxylation is 1. The van der Waals surface area contributed by atoms with Crippen LogP contribution in [0.4, 0.5) is 0 Å². The lowest BCUT2D eigenvalue weighted by Crippen LogP contribution is -2.40. The van der Waals surface area contributed by atoms with E-state index in [4.69, 9.17) is 0 Å². The fourth-order valence-electron chi connectivity index (χ4n) is 2.23. The van der Waals surface area contributed by atoms with Crippen molar-refractivity contribution in [3.63, 3.8) is 0 Å². The van der Waals surface area contributed by atoms with E-state index in [-0.39, 0.29) is 14.7 Å². The normalized spacial score (nSPS) is 13.0. The highest BCUT2D eigenvalue weighted by Crippen LogP contribution is 2.26. The van der Waals surface area contributed by atoms with Crippen LogP contribution in [-0.4, -0.2) is 22.4 Å². The van der Waals surface area contributed by atoms with Crippen molar-refractivity contribution in [2.45, 2.75) is 47.9 Å². The van der Waals surface area contributed by atoms with Crippen LogP contribution in [-0.2, 0) is 19.9 Å². The molecular weight excluding hydrogens is 346 g/mol. The van der Waals surface area contributed by atoms with Crippen LogP contribution in [0.3, 0.4) is 0 Å². The molecule has 0 bridgehead atoms. The van der Waals surface area contributed by atoms with Gasteiger partial charge in [0.1, 0.15) is 0 Å². The summed E-state index contributed by atoms with van der Waals surface area (Å²) in [6, 6.07) is 12.1. The molecular formula is C17H21NO4S2. The Kier molecular flexibility index (Phi) is 4.90. The fraction of sp³-hybridized carbons (Fsp3) is 0.294. The van der Waals surface area contributed by atoms with Gasteiger partial charge in [0, 0.05) is 5.54 Å². The molecule has 1 N–H and O–H groups in total. The summed E-state index contributed by atoms with van der Waals surface area (Å²) in [5.41, 5.74) is -0.182. The Labute approximate surface area is 143 Å². The monoisotopic (exact) mass is 367 g/mol. The molecule has 0 saturated carbocycles. The van der Waals surface area contributed by atoms with Crippen molar-refractivity contribution in [3.05, 3.63) is 54.1 Å². The van der Waals surface area contributed by atoms with Gasteiger partial charge in [-0.2, -0.15) is 0 Å². The summed E-state index contributed by atoms with van der Waals surface area (Å²) >= 11 is 0. The third-order valence-electron chi connectivity index (χ3n) is 3.25. The van der Waals surface area contributed by atoms with Crippen LogP contribution in [0.2, 0.25) is 0 Å². The van der Waals surface area contributed by atoms with Crippen LogP contribution < -0.4 is 4.72 Å². The van der Waals surface area contributed by atoms with Gasteiger partial charge in [0.2, 0.25) is 19.9 Å². The zero-order valence-electron chi connectivity index (χ0n) is 14.1. The first-order valence-corrected chi connectivity index (χ1v) is 10.3. The molecule has 0 aliphatic heterocycles. The maximum absolute atomic E-state index is 12.7. The van der Waals surface area contributed by atoms with E-state index in [0.717, 1.165) is 0 Å². The Morgan fingerprint density at radius 2 is 1.42 bits per heavy atom. The van der Waals surface area contributed by atoms with E-state index in [1.807, 2.05) is 0 Å². The Morgan fingerprint density at radius 1 is 0.833 bits per heavy atom. The van der Waals surface area contributed by atoms with Crippen LogP contribution in [0.25, 0.3) is 0 Å². The number of hydrogen-bond donors (Lipinski definition) is 1. The minimum atomic E-state index is -3.83. The molecule has 0 amide bonds. The zero-order valence-corrected chi connectivity index (χ0v) is 15.7. The lowest BCUT2D eigenvalue weighted by Gasteiger charge is -2.21. The van der Waals surface area contributed by atoms with Crippen molar-refractivity contribution in [3.8, 4) is 0 Å². The highest BCUT2D eigenvalue weighted by Gasteiger charge is 2.26. The summed E-state index contributed by atoms with van der Waals surface area (Å²) in [7, 11) is -7.60. The fourth-order valence-corrected chi connectivity index (χ4v) is 5.30. The van der Waals surface area contributed by atoms with E-state index >= 15 is 0 Å². The van der Waals surface area contributed by atoms with Crippen LogP contribution >= 0.6 is 0 Å². The Hall–Kier alpha value is -1.70. The minimum absolute atomic E-state index is 0.0329. The molecule has 0 radical (unpaired) electrons. The molecule has 2 rings (SSSR count). The Bertz CT molecular complexity index is 942. The standard InChI is InChI=1S/C17H21NO4S2/c1-13-10-11-15(23(19,20)14-8-6-5-7-9-14)12-16(13)24(21,22)18-17(2,3)4/h5-12,18H,1-4H3. The molecule has 5 nitrogen and oxygen atoms in total. The maximum atomic E-state index is 12.7. The Morgan fingerprint density at radius 3 is 1.96 bits per heavy atom. The molecule has 2 aromatic carbocycles. The van der Waals surface area contributed by atoms with Crippen LogP contribution in [0.1, 0.15) is 26.3 Å². The number of hydrogen-bond acceptors (Lipinski definition) is 4. The minimum Gasteiger partial charge on any atom is -0.219 e. The summed E-state index contributed by atoms with van der Waals surface area (Å²) in [5, 5.41) is 0. The molecule has 0 saturated heterocycles. The SMILES string of the molecule is Cc1ccc(S(=O)(=O)c2ccccc2)cc1S(=O)(=O)NC(C)(C)C. The van der Waals surface area contributed by atoms with E-state index in [2.05, 4.69) is 4.72 Å². The third-order valence-corrected chi connectivity index (χ3v) is 6.92. The smallest absolute Gasteiger partial charge is 0.219 e. The van der Waals surface area contributed by atoms with Crippen molar-refractivity contribution in [2.75, 3.05) is 0 Å². The van der Waals surface area contributed by atoms with Gasteiger partial charge >= 0.3 is 0 Å². The predicted molar refractivity (Wildman–Crippen MR) is 93.1 cm³/mol. The molecule has 0 aliphatic carbocycles. The maximum Gasteiger partial charge on any atom is 0.241 e. The van der Waals surface area contributed by atoms with Crippen molar-refractivity contribution in [1.29, 1.82) is 0 Å². The van der Waals surface area contributed by atoms with Gasteiger partial charge in [0.15, 0.2) is 0 Å². The highest BCUT2D eigenvalue weighted by molar-refractivity contribution is 7.91. The summed E-state index contributed by atoms with van der Waals surface area (Å²) in [5.74, 6) is 0. The van der Waals surface area contributed by atoms with Gasteiger partial charge in [-0.3, -0.25) is 0 Å². The van der Waals surface area contributed by atoms with Gasteiger partial charge in [-0.15, -0.1) is 0 Å². The van der Waals surface area contributed by atoms with Crippen molar-refractivity contribution in [1.82, 2.24) is 4.72 Å². The summed E-state index contributed by atoms with van der Waals surface area (Å²) < 4.78 is 53.1. The van der Waals surface area contributed by atoms with E-state index in [9.17, 15) is 16.8 Å². The summed E-state index contributed by atoms with van der Waals surface area (Å²) in [4.78, 5) is 0.0454. The second-order valence-electron chi connectivity index (χ2n) is 6.60. The van der Waals surface area contributed by atoms with E-state index in [0.29, 0.717) is 5.56 Å². The summed E-state index contributed by atoms with van der Waals surface area (Å²) in [6.07, 6.45) is 0. The number of sulfone groups is 1. The van der Waals surface area contributed by atoms with Crippen molar-refractivity contribution in [2.24, 2.45) is 0 Å². The first-order chi connectivity index (χ1) is 10.9. The average molecular weight is 367 g/mol. The average Bonchev–Trinajstić information content (AvgIpc) is 2.45. The van der Waals surface area contributed by atoms with Gasteiger partial charge in [-0.25, -0.2) is 21.6 Å². The molecule has 0 unspecified atom stereocenters. The number of rotatable bonds is 4. The van der Waals surface area contributed by atoms with Gasteiger partial charge in [-0.1, -0.05) is 24.3 Å². The number of benzene rings is 2. The first-order valence-electron chi connectivity index (χ1n) is 7.38. The lowest BCUT2D eigenvalue weighted by molar-refractivity contribution is 0.491. The van der Waals surface area contributed by atoms with Crippen LogP contribution in [0.5, 0.6) is 0 Å². The second-order valence-corrected chi connectivity index (χ2v) is 10.2. The van der Waals surface area contributed by atoms with E-state index in [1.54, 1.807) is 45.9 Å². The summed E-state index contributed by atoms with van der Waals surface area (Å²) in [6.45, 7) is 6.81. The van der Waals surface area contributed by atoms with Gasteiger partial charge in [-0.05, 0) is 57.5 Å². The predicted octanol–water partition coefficient (Wildman–Crippen LogP) is 2.90. The van der Waals surface area contributed by atoms with E-state index in [1.165, 1.54) is 30.3 Å². The molecule has 0 atom stereocenters. The highest BCUT2D eigenvalue weighted by atomic mass is 32.2. The Balaban J connectivity index is 2.58. The third kappa shape index (κ3) is 4.03. The number of nitrogens with one attached hydrogen (secondary N) is 1. The molecule has 0 fully saturated rings. The van der Waals surface area contributed by atoms with Gasteiger partial charge in [0.05, 0.1) is 14.7 Å². The molecule has 130 valence electrons. The molecule has 2 aromatic rings. The second kappa shape index (κ2) is 6.31. The number of sulfonamides is 1. The molecule has 24 heavy (non-hydrogen) atoms. The van der Waals surface area contributed by atoms with Gasteiger partial charge < -0.3 is 0 Å². The molecule has 0 spiro atoms. The van der Waals surface area contributed by atoms with Crippen molar-refractivity contribution >= 4 is 19.9 Å². The molecule has 7 heteroatoms. The topological polar surface area (TPSA) is 80.3 Å². The first kappa shape index (κ1) is 18.6. The quantitative estimate of drug-likeness (QED) is 0.901. The van der Waals surface area contributed by atoms with Crippen molar-refractivity contribution < 1.29 is 16.8 Å². The van der Waals surface area contributed by atoms with Crippen LogP contribution in [0, 0.1) is 6.92 Å². The largest absolute Gasteiger partial charge is 0.241 e. The molecule has 0 aliphatic rings. The van der Waals surface area contributed by atoms with E-state index < -0.39 is 25.4 Å². The lowest BCUT2D eigenvalue weighted by atomic mass is 10.1. The molecule has 0 aromatic heterocycles. The zero-order chi connectivity index (χ0) is 18.2. The van der Waals surface area contributed by atoms with Crippen LogP contribution in [0.15, 0.2) is 63.2 Å². The molecule has 0 heterocycles. The van der Waals surface area contributed by atoms with Gasteiger partial charge in [0.25, 0.3) is 0 Å².